The van der Waals surface area contributed by atoms with E-state index in [9.17, 15) is 13.2 Å². The summed E-state index contributed by atoms with van der Waals surface area (Å²) in [6.07, 6.45) is 0. The first-order chi connectivity index (χ1) is 14.3. The quantitative estimate of drug-likeness (QED) is 0.592. The topological polar surface area (TPSA) is 84.5 Å². The number of amides is 1. The minimum atomic E-state index is -3.74. The lowest BCUT2D eigenvalue weighted by Crippen LogP contribution is -2.27. The van der Waals surface area contributed by atoms with Crippen LogP contribution in [0.2, 0.25) is 0 Å². The van der Waals surface area contributed by atoms with Gasteiger partial charge in [0.15, 0.2) is 0 Å². The fraction of sp³-hybridized carbons (Fsp3) is 0.174. The molecular weight excluding hydrogens is 400 g/mol. The standard InChI is InChI=1S/C23H24N2O4S/c1-16-6-4-5-7-22(16)17(2)24-23(26)18-8-10-19(11-9-18)25-30(27,28)21-14-12-20(29-3)13-15-21/h4-15,17,25H,1-3H3,(H,24,26)/t17-/m1/s1. The van der Waals surface area contributed by atoms with Gasteiger partial charge in [0, 0.05) is 11.3 Å². The minimum Gasteiger partial charge on any atom is -0.497 e. The summed E-state index contributed by atoms with van der Waals surface area (Å²) in [5, 5.41) is 2.97. The Morgan fingerprint density at radius 1 is 0.933 bits per heavy atom. The predicted octanol–water partition coefficient (Wildman–Crippen LogP) is 4.30. The summed E-state index contributed by atoms with van der Waals surface area (Å²) in [6, 6.07) is 20.1. The maximum Gasteiger partial charge on any atom is 0.261 e. The molecule has 3 aromatic rings. The van der Waals surface area contributed by atoms with Crippen LogP contribution in [0.3, 0.4) is 0 Å². The Bertz CT molecular complexity index is 1120. The molecule has 3 rings (SSSR count). The Hall–Kier alpha value is -3.32. The van der Waals surface area contributed by atoms with Gasteiger partial charge in [0.05, 0.1) is 18.0 Å². The molecule has 0 heterocycles. The second kappa shape index (κ2) is 9.00. The number of nitrogens with one attached hydrogen (secondary N) is 2. The molecule has 0 aliphatic rings. The Kier molecular flexibility index (Phi) is 6.42. The average molecular weight is 425 g/mol. The summed E-state index contributed by atoms with van der Waals surface area (Å²) >= 11 is 0. The zero-order valence-corrected chi connectivity index (χ0v) is 17.9. The van der Waals surface area contributed by atoms with Crippen molar-refractivity contribution in [3.63, 3.8) is 0 Å². The summed E-state index contributed by atoms with van der Waals surface area (Å²) in [5.41, 5.74) is 2.97. The van der Waals surface area contributed by atoms with Gasteiger partial charge >= 0.3 is 0 Å². The highest BCUT2D eigenvalue weighted by molar-refractivity contribution is 7.92. The molecule has 6 nitrogen and oxygen atoms in total. The highest BCUT2D eigenvalue weighted by Crippen LogP contribution is 2.20. The molecule has 0 fully saturated rings. The molecule has 0 aromatic heterocycles. The van der Waals surface area contributed by atoms with E-state index < -0.39 is 10.0 Å². The van der Waals surface area contributed by atoms with Crippen molar-refractivity contribution in [1.29, 1.82) is 0 Å². The van der Waals surface area contributed by atoms with Gasteiger partial charge in [-0.1, -0.05) is 24.3 Å². The molecule has 0 saturated heterocycles. The van der Waals surface area contributed by atoms with Crippen molar-refractivity contribution in [2.45, 2.75) is 24.8 Å². The van der Waals surface area contributed by atoms with E-state index in [1.807, 2.05) is 38.1 Å². The first kappa shape index (κ1) is 21.4. The molecule has 0 aliphatic heterocycles. The van der Waals surface area contributed by atoms with Crippen molar-refractivity contribution in [3.05, 3.63) is 89.5 Å². The number of methoxy groups -OCH3 is 1. The van der Waals surface area contributed by atoms with E-state index in [1.165, 1.54) is 19.2 Å². The minimum absolute atomic E-state index is 0.122. The van der Waals surface area contributed by atoms with Gasteiger partial charge in [-0.2, -0.15) is 0 Å². The van der Waals surface area contributed by atoms with Crippen molar-refractivity contribution >= 4 is 21.6 Å². The second-order valence-electron chi connectivity index (χ2n) is 6.91. The van der Waals surface area contributed by atoms with Gasteiger partial charge < -0.3 is 10.1 Å². The van der Waals surface area contributed by atoms with Crippen LogP contribution in [0.4, 0.5) is 5.69 Å². The molecule has 30 heavy (non-hydrogen) atoms. The van der Waals surface area contributed by atoms with Crippen LogP contribution in [0.15, 0.2) is 77.7 Å². The number of ether oxygens (including phenoxy) is 1. The Balaban J connectivity index is 1.68. The van der Waals surface area contributed by atoms with E-state index in [-0.39, 0.29) is 16.8 Å². The van der Waals surface area contributed by atoms with Crippen LogP contribution in [-0.4, -0.2) is 21.4 Å². The van der Waals surface area contributed by atoms with E-state index in [1.54, 1.807) is 36.4 Å². The average Bonchev–Trinajstić information content (AvgIpc) is 2.74. The molecule has 0 bridgehead atoms. The third-order valence-electron chi connectivity index (χ3n) is 4.77. The zero-order chi connectivity index (χ0) is 21.7. The largest absolute Gasteiger partial charge is 0.497 e. The van der Waals surface area contributed by atoms with E-state index in [0.29, 0.717) is 17.0 Å². The normalized spacial score (nSPS) is 12.1. The van der Waals surface area contributed by atoms with Crippen molar-refractivity contribution in [3.8, 4) is 5.75 Å². The number of aryl methyl sites for hydroxylation is 1. The van der Waals surface area contributed by atoms with Gasteiger partial charge in [0.25, 0.3) is 15.9 Å². The summed E-state index contributed by atoms with van der Waals surface area (Å²) in [6.45, 7) is 3.93. The van der Waals surface area contributed by atoms with Crippen molar-refractivity contribution < 1.29 is 17.9 Å². The van der Waals surface area contributed by atoms with Gasteiger partial charge in [-0.05, 0) is 73.5 Å². The van der Waals surface area contributed by atoms with Crippen LogP contribution in [0.25, 0.3) is 0 Å². The molecule has 0 radical (unpaired) electrons. The highest BCUT2D eigenvalue weighted by Gasteiger charge is 2.16. The second-order valence-corrected chi connectivity index (χ2v) is 8.59. The van der Waals surface area contributed by atoms with Crippen LogP contribution in [0.5, 0.6) is 5.75 Å². The molecule has 0 spiro atoms. The number of sulfonamides is 1. The van der Waals surface area contributed by atoms with E-state index in [0.717, 1.165) is 11.1 Å². The maximum atomic E-state index is 12.6. The molecule has 0 unspecified atom stereocenters. The first-order valence-corrected chi connectivity index (χ1v) is 10.9. The fourth-order valence-corrected chi connectivity index (χ4v) is 4.15. The van der Waals surface area contributed by atoms with Gasteiger partial charge in [-0.25, -0.2) is 8.42 Å². The molecule has 0 saturated carbocycles. The molecule has 1 atom stereocenters. The lowest BCUT2D eigenvalue weighted by atomic mass is 10.0. The predicted molar refractivity (Wildman–Crippen MR) is 117 cm³/mol. The van der Waals surface area contributed by atoms with Crippen LogP contribution in [0, 0.1) is 6.92 Å². The third kappa shape index (κ3) is 4.99. The fourth-order valence-electron chi connectivity index (χ4n) is 3.09. The van der Waals surface area contributed by atoms with Gasteiger partial charge in [-0.15, -0.1) is 0 Å². The lowest BCUT2D eigenvalue weighted by Gasteiger charge is -2.17. The van der Waals surface area contributed by atoms with Gasteiger partial charge in [0.2, 0.25) is 0 Å². The Morgan fingerprint density at radius 2 is 1.57 bits per heavy atom. The molecule has 2 N–H and O–H groups in total. The SMILES string of the molecule is COc1ccc(S(=O)(=O)Nc2ccc(C(=O)N[C@H](C)c3ccccc3C)cc2)cc1. The third-order valence-corrected chi connectivity index (χ3v) is 6.17. The highest BCUT2D eigenvalue weighted by atomic mass is 32.2. The number of rotatable bonds is 7. The maximum absolute atomic E-state index is 12.6. The number of hydrogen-bond donors (Lipinski definition) is 2. The molecule has 0 aliphatic carbocycles. The number of carbonyl (C=O) groups is 1. The van der Waals surface area contributed by atoms with E-state index in [2.05, 4.69) is 10.0 Å². The van der Waals surface area contributed by atoms with Gasteiger partial charge in [-0.3, -0.25) is 9.52 Å². The monoisotopic (exact) mass is 424 g/mol. The summed E-state index contributed by atoms with van der Waals surface area (Å²) in [7, 11) is -2.22. The Morgan fingerprint density at radius 3 is 2.17 bits per heavy atom. The van der Waals surface area contributed by atoms with Gasteiger partial charge in [0.1, 0.15) is 5.75 Å². The number of carbonyl (C=O) groups excluding carboxylic acids is 1. The molecule has 3 aromatic carbocycles. The number of anilines is 1. The molecule has 156 valence electrons. The summed E-state index contributed by atoms with van der Waals surface area (Å²) in [4.78, 5) is 12.7. The molecule has 1 amide bonds. The van der Waals surface area contributed by atoms with Crippen molar-refractivity contribution in [1.82, 2.24) is 5.32 Å². The summed E-state index contributed by atoms with van der Waals surface area (Å²) in [5.74, 6) is 0.347. The van der Waals surface area contributed by atoms with Crippen molar-refractivity contribution in [2.75, 3.05) is 11.8 Å². The zero-order valence-electron chi connectivity index (χ0n) is 17.0. The van der Waals surface area contributed by atoms with Crippen molar-refractivity contribution in [2.24, 2.45) is 0 Å². The lowest BCUT2D eigenvalue weighted by molar-refractivity contribution is 0.0940. The van der Waals surface area contributed by atoms with Crippen LogP contribution in [0.1, 0.15) is 34.5 Å². The number of benzene rings is 3. The number of hydrogen-bond acceptors (Lipinski definition) is 4. The van der Waals surface area contributed by atoms with Crippen LogP contribution in [-0.2, 0) is 10.0 Å². The first-order valence-electron chi connectivity index (χ1n) is 9.43. The molecule has 7 heteroatoms. The Labute approximate surface area is 177 Å². The van der Waals surface area contributed by atoms with Crippen LogP contribution >= 0.6 is 0 Å². The van der Waals surface area contributed by atoms with Crippen LogP contribution < -0.4 is 14.8 Å². The van der Waals surface area contributed by atoms with E-state index >= 15 is 0 Å². The van der Waals surface area contributed by atoms with E-state index in [4.69, 9.17) is 4.74 Å². The summed E-state index contributed by atoms with van der Waals surface area (Å²) < 4.78 is 32.6. The molecular formula is C23H24N2O4S. The smallest absolute Gasteiger partial charge is 0.261 e.